The van der Waals surface area contributed by atoms with Gasteiger partial charge in [0, 0.05) is 12.1 Å². The van der Waals surface area contributed by atoms with Crippen molar-refractivity contribution in [2.45, 2.75) is 50.9 Å². The number of piperazine rings is 1. The fraction of sp³-hybridized carbons (Fsp3) is 0.750. The number of fused-ring (bicyclic) bond motifs is 5. The molecule has 19 heavy (non-hydrogen) atoms. The maximum atomic E-state index is 12.5. The fourth-order valence-corrected chi connectivity index (χ4v) is 3.53. The molecule has 0 aromatic heterocycles. The highest BCUT2D eigenvalue weighted by Crippen LogP contribution is 2.42. The van der Waals surface area contributed by atoms with Crippen molar-refractivity contribution < 1.29 is 14.4 Å². The van der Waals surface area contributed by atoms with Crippen LogP contribution in [-0.2, 0) is 4.79 Å². The number of hydrogen-bond acceptors (Lipinski definition) is 3. The van der Waals surface area contributed by atoms with Gasteiger partial charge in [-0.3, -0.25) is 9.69 Å². The molecule has 0 aromatic rings. The van der Waals surface area contributed by atoms with Gasteiger partial charge in [0.15, 0.2) is 0 Å². The molecule has 3 atom stereocenters. The van der Waals surface area contributed by atoms with Crippen LogP contribution in [0, 0.1) is 0 Å². The Kier molecular flexibility index (Phi) is 2.19. The van der Waals surface area contributed by atoms with Gasteiger partial charge >= 0.3 is 12.1 Å². The Morgan fingerprint density at radius 2 is 1.95 bits per heavy atom. The topological polar surface area (TPSA) is 87.0 Å². The molecule has 0 aromatic carbocycles. The zero-order chi connectivity index (χ0) is 14.1. The Morgan fingerprint density at radius 1 is 1.32 bits per heavy atom. The molecule has 2 N–H and O–H groups in total. The largest absolute Gasteiger partial charge is 0.351 e. The summed E-state index contributed by atoms with van der Waals surface area (Å²) in [5, 5.41) is 0. The van der Waals surface area contributed by atoms with E-state index >= 15 is 0 Å². The van der Waals surface area contributed by atoms with Crippen LogP contribution in [0.1, 0.15) is 27.2 Å². The van der Waals surface area contributed by atoms with Crippen LogP contribution in [0.5, 0.6) is 0 Å². The van der Waals surface area contributed by atoms with E-state index in [0.29, 0.717) is 13.0 Å². The number of nitrogens with zero attached hydrogens (tertiary/aromatic N) is 3. The number of urea groups is 2. The third-order valence-electron chi connectivity index (χ3n) is 4.22. The van der Waals surface area contributed by atoms with Crippen molar-refractivity contribution in [2.24, 2.45) is 5.73 Å². The molecule has 5 amide bonds. The maximum Gasteiger partial charge on any atom is 0.328 e. The lowest BCUT2D eigenvalue weighted by Crippen LogP contribution is -2.56. The number of carbonyl (C=O) groups excluding carboxylic acids is 3. The van der Waals surface area contributed by atoms with Crippen molar-refractivity contribution in [3.8, 4) is 0 Å². The smallest absolute Gasteiger partial charge is 0.328 e. The number of imide groups is 1. The van der Waals surface area contributed by atoms with Gasteiger partial charge in [-0.15, -0.1) is 0 Å². The van der Waals surface area contributed by atoms with Crippen molar-refractivity contribution in [2.75, 3.05) is 6.54 Å². The molecule has 7 nitrogen and oxygen atoms in total. The molecule has 3 heterocycles. The summed E-state index contributed by atoms with van der Waals surface area (Å²) in [5.74, 6) is -0.212. The van der Waals surface area contributed by atoms with E-state index in [1.807, 2.05) is 20.8 Å². The average molecular weight is 266 g/mol. The standard InChI is InChI=1S/C12H18N4O3/c1-12(2,3)16-9(17)8-7-4-6(15(8)11(16)19)5-14(7)10(13)18/h6-8H,4-5H2,1-3H3,(H2,13,18). The van der Waals surface area contributed by atoms with Gasteiger partial charge in [0.05, 0.1) is 12.1 Å². The number of rotatable bonds is 0. The molecular formula is C12H18N4O3. The summed E-state index contributed by atoms with van der Waals surface area (Å²) in [4.78, 5) is 40.7. The van der Waals surface area contributed by atoms with Crippen LogP contribution in [0.25, 0.3) is 0 Å². The second-order valence-electron chi connectivity index (χ2n) is 6.43. The molecule has 3 aliphatic rings. The highest BCUT2D eigenvalue weighted by molar-refractivity contribution is 6.06. The molecule has 0 aliphatic carbocycles. The van der Waals surface area contributed by atoms with Gasteiger partial charge < -0.3 is 15.5 Å². The lowest BCUT2D eigenvalue weighted by atomic mass is 10.0. The number of carbonyl (C=O) groups is 3. The van der Waals surface area contributed by atoms with Gasteiger partial charge in [-0.1, -0.05) is 0 Å². The van der Waals surface area contributed by atoms with Crippen LogP contribution in [0.4, 0.5) is 9.59 Å². The number of primary amides is 1. The summed E-state index contributed by atoms with van der Waals surface area (Å²) < 4.78 is 0. The zero-order valence-electron chi connectivity index (χ0n) is 11.3. The molecule has 0 spiro atoms. The molecule has 3 unspecified atom stereocenters. The van der Waals surface area contributed by atoms with E-state index in [1.165, 1.54) is 9.80 Å². The van der Waals surface area contributed by atoms with Crippen molar-refractivity contribution in [1.29, 1.82) is 0 Å². The van der Waals surface area contributed by atoms with Gasteiger partial charge in [-0.25, -0.2) is 9.59 Å². The molecular weight excluding hydrogens is 248 g/mol. The van der Waals surface area contributed by atoms with E-state index in [1.54, 1.807) is 4.90 Å². The fourth-order valence-electron chi connectivity index (χ4n) is 3.53. The number of hydrogen-bond donors (Lipinski definition) is 1. The second-order valence-corrected chi connectivity index (χ2v) is 6.43. The van der Waals surface area contributed by atoms with Crippen LogP contribution in [-0.4, -0.2) is 62.9 Å². The van der Waals surface area contributed by atoms with E-state index in [-0.39, 0.29) is 24.0 Å². The summed E-state index contributed by atoms with van der Waals surface area (Å²) in [7, 11) is 0. The minimum Gasteiger partial charge on any atom is -0.351 e. The maximum absolute atomic E-state index is 12.5. The first-order chi connectivity index (χ1) is 8.73. The summed E-state index contributed by atoms with van der Waals surface area (Å²) in [6.07, 6.45) is 0.656. The van der Waals surface area contributed by atoms with Crippen molar-refractivity contribution >= 4 is 18.0 Å². The molecule has 7 heteroatoms. The van der Waals surface area contributed by atoms with Crippen molar-refractivity contribution in [3.63, 3.8) is 0 Å². The minimum absolute atomic E-state index is 0.0775. The zero-order valence-corrected chi connectivity index (χ0v) is 11.3. The van der Waals surface area contributed by atoms with Crippen LogP contribution in [0.15, 0.2) is 0 Å². The first-order valence-electron chi connectivity index (χ1n) is 6.46. The molecule has 0 saturated carbocycles. The number of nitrogens with two attached hydrogens (primary N) is 1. The second kappa shape index (κ2) is 3.40. The summed E-state index contributed by atoms with van der Waals surface area (Å²) >= 11 is 0. The first-order valence-corrected chi connectivity index (χ1v) is 6.46. The number of likely N-dealkylation sites (tertiary alicyclic amines) is 1. The van der Waals surface area contributed by atoms with E-state index in [4.69, 9.17) is 5.73 Å². The van der Waals surface area contributed by atoms with E-state index in [2.05, 4.69) is 0 Å². The van der Waals surface area contributed by atoms with Crippen molar-refractivity contribution in [3.05, 3.63) is 0 Å². The molecule has 2 bridgehead atoms. The van der Waals surface area contributed by atoms with Crippen LogP contribution < -0.4 is 5.73 Å². The lowest BCUT2D eigenvalue weighted by molar-refractivity contribution is -0.132. The molecule has 104 valence electrons. The normalized spacial score (nSPS) is 33.4. The predicted molar refractivity (Wildman–Crippen MR) is 66.1 cm³/mol. The van der Waals surface area contributed by atoms with Crippen LogP contribution in [0.3, 0.4) is 0 Å². The summed E-state index contributed by atoms with van der Waals surface area (Å²) in [5.41, 5.74) is 4.78. The third-order valence-corrected chi connectivity index (χ3v) is 4.22. The lowest BCUT2D eigenvalue weighted by Gasteiger charge is -2.33. The van der Waals surface area contributed by atoms with Crippen molar-refractivity contribution in [1.82, 2.24) is 14.7 Å². The van der Waals surface area contributed by atoms with Gasteiger partial charge in [-0.2, -0.15) is 0 Å². The Bertz CT molecular complexity index is 484. The van der Waals surface area contributed by atoms with E-state index < -0.39 is 17.6 Å². The van der Waals surface area contributed by atoms with Gasteiger partial charge in [-0.05, 0) is 27.2 Å². The molecule has 3 aliphatic heterocycles. The minimum atomic E-state index is -0.546. The quantitative estimate of drug-likeness (QED) is 0.624. The predicted octanol–water partition coefficient (Wildman–Crippen LogP) is -0.0471. The first kappa shape index (κ1) is 12.3. The number of amides is 5. The summed E-state index contributed by atoms with van der Waals surface area (Å²) in [6.45, 7) is 5.93. The van der Waals surface area contributed by atoms with E-state index in [9.17, 15) is 14.4 Å². The average Bonchev–Trinajstić information content (AvgIpc) is 2.88. The van der Waals surface area contributed by atoms with Crippen LogP contribution in [0.2, 0.25) is 0 Å². The van der Waals surface area contributed by atoms with E-state index in [0.717, 1.165) is 0 Å². The van der Waals surface area contributed by atoms with Gasteiger partial charge in [0.2, 0.25) is 0 Å². The molecule has 3 saturated heterocycles. The molecule has 3 rings (SSSR count). The Morgan fingerprint density at radius 3 is 2.47 bits per heavy atom. The Labute approximate surface area is 111 Å². The highest BCUT2D eigenvalue weighted by atomic mass is 16.2. The monoisotopic (exact) mass is 266 g/mol. The van der Waals surface area contributed by atoms with Gasteiger partial charge in [0.25, 0.3) is 5.91 Å². The third kappa shape index (κ3) is 1.41. The highest BCUT2D eigenvalue weighted by Gasteiger charge is 2.63. The Balaban J connectivity index is 1.96. The summed E-state index contributed by atoms with van der Waals surface area (Å²) in [6, 6.07) is -1.63. The van der Waals surface area contributed by atoms with Gasteiger partial charge in [0.1, 0.15) is 6.04 Å². The van der Waals surface area contributed by atoms with Crippen LogP contribution >= 0.6 is 0 Å². The molecule has 3 fully saturated rings. The SMILES string of the molecule is CC(C)(C)N1C(=O)C2C3CC(CN3C(N)=O)N2C1=O. The molecule has 0 radical (unpaired) electrons. The Hall–Kier alpha value is -1.79.